The number of carbonyl (C=O) groups excluding carboxylic acids is 1. The number of H-pyrrole nitrogens is 1. The van der Waals surface area contributed by atoms with E-state index in [0.717, 1.165) is 11.1 Å². The van der Waals surface area contributed by atoms with E-state index < -0.39 is 5.97 Å². The lowest BCUT2D eigenvalue weighted by molar-refractivity contribution is 0.0512. The lowest BCUT2D eigenvalue weighted by atomic mass is 10.1. The molecular weight excluding hydrogens is 246 g/mol. The maximum atomic E-state index is 11.5. The molecule has 0 unspecified atom stereocenters. The smallest absolute Gasteiger partial charge is 0.375 e. The zero-order valence-electron chi connectivity index (χ0n) is 11.1. The molecule has 1 aromatic carbocycles. The summed E-state index contributed by atoms with van der Waals surface area (Å²) in [6.07, 6.45) is 0. The van der Waals surface area contributed by atoms with Gasteiger partial charge in [0.1, 0.15) is 5.75 Å². The van der Waals surface area contributed by atoms with E-state index in [4.69, 9.17) is 9.47 Å². The number of nitrogens with one attached hydrogen (secondary N) is 1. The van der Waals surface area contributed by atoms with Crippen molar-refractivity contribution in [2.75, 3.05) is 13.7 Å². The quantitative estimate of drug-likeness (QED) is 0.851. The van der Waals surface area contributed by atoms with Gasteiger partial charge in [-0.2, -0.15) is 5.10 Å². The number of hydrogen-bond donors (Lipinski definition) is 1. The van der Waals surface area contributed by atoms with Crippen LogP contribution in [0.1, 0.15) is 23.1 Å². The molecule has 1 N–H and O–H groups in total. The molecule has 0 atom stereocenters. The zero-order valence-corrected chi connectivity index (χ0v) is 11.1. The minimum atomic E-state index is -0.520. The monoisotopic (exact) mass is 261 g/mol. The Hall–Kier alpha value is -2.37. The van der Waals surface area contributed by atoms with Crippen LogP contribution in [0.15, 0.2) is 18.2 Å². The summed E-state index contributed by atoms with van der Waals surface area (Å²) in [5.41, 5.74) is 1.78. The van der Waals surface area contributed by atoms with Crippen LogP contribution in [0.4, 0.5) is 0 Å². The van der Waals surface area contributed by atoms with Crippen molar-refractivity contribution in [1.82, 2.24) is 15.2 Å². The lowest BCUT2D eigenvalue weighted by Crippen LogP contribution is -2.06. The number of aryl methyl sites for hydroxylation is 1. The van der Waals surface area contributed by atoms with Gasteiger partial charge in [-0.15, -0.1) is 0 Å². The van der Waals surface area contributed by atoms with Gasteiger partial charge >= 0.3 is 5.97 Å². The fourth-order valence-corrected chi connectivity index (χ4v) is 1.67. The molecule has 0 fully saturated rings. The molecule has 6 heteroatoms. The summed E-state index contributed by atoms with van der Waals surface area (Å²) in [7, 11) is 1.58. The number of carbonyl (C=O) groups is 1. The molecule has 1 heterocycles. The van der Waals surface area contributed by atoms with Crippen molar-refractivity contribution in [1.29, 1.82) is 0 Å². The average molecular weight is 261 g/mol. The maximum Gasteiger partial charge on any atom is 0.375 e. The zero-order chi connectivity index (χ0) is 13.8. The molecule has 0 aliphatic rings. The van der Waals surface area contributed by atoms with Gasteiger partial charge in [0.25, 0.3) is 0 Å². The molecular formula is C13H15N3O3. The van der Waals surface area contributed by atoms with Crippen molar-refractivity contribution in [3.63, 3.8) is 0 Å². The molecule has 0 amide bonds. The molecule has 0 radical (unpaired) electrons. The van der Waals surface area contributed by atoms with Crippen LogP contribution in [-0.2, 0) is 4.74 Å². The molecule has 1 aromatic heterocycles. The first-order valence-electron chi connectivity index (χ1n) is 5.90. The van der Waals surface area contributed by atoms with Crippen molar-refractivity contribution >= 4 is 5.97 Å². The Morgan fingerprint density at radius 1 is 1.42 bits per heavy atom. The normalized spacial score (nSPS) is 10.3. The summed E-state index contributed by atoms with van der Waals surface area (Å²) in [5, 5.41) is 6.59. The Balaban J connectivity index is 2.37. The number of nitrogens with zero attached hydrogens (tertiary/aromatic N) is 2. The number of rotatable bonds is 4. The Morgan fingerprint density at radius 2 is 2.21 bits per heavy atom. The van der Waals surface area contributed by atoms with E-state index in [0.29, 0.717) is 18.2 Å². The third-order valence-electron chi connectivity index (χ3n) is 2.55. The van der Waals surface area contributed by atoms with Gasteiger partial charge in [-0.05, 0) is 26.0 Å². The van der Waals surface area contributed by atoms with Crippen molar-refractivity contribution in [2.45, 2.75) is 13.8 Å². The molecule has 0 aliphatic heterocycles. The summed E-state index contributed by atoms with van der Waals surface area (Å²) < 4.78 is 10.1. The van der Waals surface area contributed by atoms with Crippen LogP contribution < -0.4 is 4.74 Å². The van der Waals surface area contributed by atoms with Crippen LogP contribution in [0, 0.1) is 6.92 Å². The van der Waals surface area contributed by atoms with Crippen LogP contribution >= 0.6 is 0 Å². The number of aromatic nitrogens is 3. The first-order valence-corrected chi connectivity index (χ1v) is 5.90. The number of esters is 1. The third-order valence-corrected chi connectivity index (χ3v) is 2.55. The molecule has 2 rings (SSSR count). The van der Waals surface area contributed by atoms with E-state index in [9.17, 15) is 4.79 Å². The number of aromatic amines is 1. The van der Waals surface area contributed by atoms with E-state index in [-0.39, 0.29) is 5.82 Å². The van der Waals surface area contributed by atoms with Gasteiger partial charge in [0.05, 0.1) is 19.3 Å². The maximum absolute atomic E-state index is 11.5. The van der Waals surface area contributed by atoms with Gasteiger partial charge in [-0.1, -0.05) is 11.6 Å². The Bertz CT molecular complexity index is 593. The number of benzene rings is 1. The first kappa shape index (κ1) is 13.1. The molecule has 0 spiro atoms. The van der Waals surface area contributed by atoms with E-state index >= 15 is 0 Å². The molecule has 2 aromatic rings. The van der Waals surface area contributed by atoms with Gasteiger partial charge in [0.15, 0.2) is 5.82 Å². The predicted molar refractivity (Wildman–Crippen MR) is 69.1 cm³/mol. The Kier molecular flexibility index (Phi) is 3.79. The largest absolute Gasteiger partial charge is 0.496 e. The van der Waals surface area contributed by atoms with Gasteiger partial charge in [0, 0.05) is 0 Å². The highest BCUT2D eigenvalue weighted by Gasteiger charge is 2.16. The average Bonchev–Trinajstić information content (AvgIpc) is 2.88. The van der Waals surface area contributed by atoms with Crippen LogP contribution in [0.2, 0.25) is 0 Å². The first-order chi connectivity index (χ1) is 9.15. The summed E-state index contributed by atoms with van der Waals surface area (Å²) >= 11 is 0. The highest BCUT2D eigenvalue weighted by molar-refractivity contribution is 5.85. The highest BCUT2D eigenvalue weighted by atomic mass is 16.5. The fraction of sp³-hybridized carbons (Fsp3) is 0.308. The van der Waals surface area contributed by atoms with Gasteiger partial charge in [0.2, 0.25) is 5.82 Å². The van der Waals surface area contributed by atoms with Crippen molar-refractivity contribution in [3.8, 4) is 17.1 Å². The molecule has 0 saturated heterocycles. The lowest BCUT2D eigenvalue weighted by Gasteiger charge is -2.05. The summed E-state index contributed by atoms with van der Waals surface area (Å²) in [5.74, 6) is 0.622. The highest BCUT2D eigenvalue weighted by Crippen LogP contribution is 2.28. The SMILES string of the molecule is CCOC(=O)c1nc(-c2cc(C)ccc2OC)n[nH]1. The molecule has 19 heavy (non-hydrogen) atoms. The second kappa shape index (κ2) is 5.51. The van der Waals surface area contributed by atoms with Crippen LogP contribution in [0.3, 0.4) is 0 Å². The van der Waals surface area contributed by atoms with Crippen molar-refractivity contribution < 1.29 is 14.3 Å². The van der Waals surface area contributed by atoms with Gasteiger partial charge < -0.3 is 9.47 Å². The minimum absolute atomic E-state index is 0.0837. The van der Waals surface area contributed by atoms with Crippen LogP contribution in [-0.4, -0.2) is 34.9 Å². The Morgan fingerprint density at radius 3 is 2.89 bits per heavy atom. The van der Waals surface area contributed by atoms with Gasteiger partial charge in [-0.25, -0.2) is 9.78 Å². The second-order valence-electron chi connectivity index (χ2n) is 3.93. The number of ether oxygens (including phenoxy) is 2. The summed E-state index contributed by atoms with van der Waals surface area (Å²) in [4.78, 5) is 15.7. The third kappa shape index (κ3) is 2.73. The fourth-order valence-electron chi connectivity index (χ4n) is 1.67. The topological polar surface area (TPSA) is 77.1 Å². The molecule has 6 nitrogen and oxygen atoms in total. The van der Waals surface area contributed by atoms with E-state index in [2.05, 4.69) is 15.2 Å². The molecule has 0 saturated carbocycles. The molecule has 0 aliphatic carbocycles. The predicted octanol–water partition coefficient (Wildman–Crippen LogP) is 1.97. The molecule has 100 valence electrons. The molecule has 0 bridgehead atoms. The summed E-state index contributed by atoms with van der Waals surface area (Å²) in [6.45, 7) is 3.99. The van der Waals surface area contributed by atoms with E-state index in [1.165, 1.54) is 0 Å². The number of methoxy groups -OCH3 is 1. The van der Waals surface area contributed by atoms with Crippen molar-refractivity contribution in [3.05, 3.63) is 29.6 Å². The van der Waals surface area contributed by atoms with Crippen LogP contribution in [0.25, 0.3) is 11.4 Å². The van der Waals surface area contributed by atoms with Crippen molar-refractivity contribution in [2.24, 2.45) is 0 Å². The Labute approximate surface area is 110 Å². The van der Waals surface area contributed by atoms with Gasteiger partial charge in [-0.3, -0.25) is 5.10 Å². The van der Waals surface area contributed by atoms with Crippen LogP contribution in [0.5, 0.6) is 5.75 Å². The second-order valence-corrected chi connectivity index (χ2v) is 3.93. The van der Waals surface area contributed by atoms with E-state index in [1.54, 1.807) is 14.0 Å². The summed E-state index contributed by atoms with van der Waals surface area (Å²) in [6, 6.07) is 5.67. The minimum Gasteiger partial charge on any atom is -0.496 e. The number of hydrogen-bond acceptors (Lipinski definition) is 5. The standard InChI is InChI=1S/C13H15N3O3/c1-4-19-13(17)12-14-11(15-16-12)9-7-8(2)5-6-10(9)18-3/h5-7H,4H2,1-3H3,(H,14,15,16). The van der Waals surface area contributed by atoms with E-state index in [1.807, 2.05) is 25.1 Å².